The molecule has 1 aliphatic carbocycles. The largest absolute Gasteiger partial charge is 0.299 e. The zero-order chi connectivity index (χ0) is 9.19. The summed E-state index contributed by atoms with van der Waals surface area (Å²) in [4.78, 5) is 23.1. The second kappa shape index (κ2) is 3.38. The monoisotopic (exact) mass is 168 g/mol. The topological polar surface area (TPSA) is 34.1 Å². The number of ketones is 2. The van der Waals surface area contributed by atoms with Gasteiger partial charge in [0.2, 0.25) is 0 Å². The van der Waals surface area contributed by atoms with Crippen LogP contribution in [0.2, 0.25) is 0 Å². The predicted octanol–water partition coefficient (Wildman–Crippen LogP) is 2.11. The quantitative estimate of drug-likeness (QED) is 0.592. The van der Waals surface area contributed by atoms with Gasteiger partial charge in [0.1, 0.15) is 11.6 Å². The Balaban J connectivity index is 2.93. The third kappa shape index (κ3) is 1.19. The second-order valence-corrected chi connectivity index (χ2v) is 3.49. The van der Waals surface area contributed by atoms with Gasteiger partial charge < -0.3 is 0 Å². The van der Waals surface area contributed by atoms with Crippen LogP contribution in [0.5, 0.6) is 0 Å². The third-order valence-electron chi connectivity index (χ3n) is 3.08. The highest BCUT2D eigenvalue weighted by atomic mass is 16.2. The molecule has 0 aromatic heterocycles. The molecule has 0 aliphatic heterocycles. The van der Waals surface area contributed by atoms with Crippen molar-refractivity contribution in [2.75, 3.05) is 0 Å². The van der Waals surface area contributed by atoms with Crippen LogP contribution in [0.4, 0.5) is 0 Å². The SMILES string of the molecule is CCC1(CC)C(=O)CCCC1=O. The van der Waals surface area contributed by atoms with Crippen molar-refractivity contribution in [1.29, 1.82) is 0 Å². The van der Waals surface area contributed by atoms with Crippen LogP contribution in [-0.2, 0) is 9.59 Å². The Morgan fingerprint density at radius 3 is 1.75 bits per heavy atom. The van der Waals surface area contributed by atoms with Crippen molar-refractivity contribution in [2.24, 2.45) is 5.41 Å². The average molecular weight is 168 g/mol. The Morgan fingerprint density at radius 2 is 1.50 bits per heavy atom. The lowest BCUT2D eigenvalue weighted by molar-refractivity contribution is -0.144. The van der Waals surface area contributed by atoms with Crippen LogP contribution in [0.1, 0.15) is 46.0 Å². The summed E-state index contributed by atoms with van der Waals surface area (Å²) in [5, 5.41) is 0. The number of carbonyl (C=O) groups excluding carboxylic acids is 2. The first-order valence-corrected chi connectivity index (χ1v) is 4.74. The summed E-state index contributed by atoms with van der Waals surface area (Å²) in [7, 11) is 0. The van der Waals surface area contributed by atoms with E-state index in [0.29, 0.717) is 25.7 Å². The molecule has 12 heavy (non-hydrogen) atoms. The highest BCUT2D eigenvalue weighted by molar-refractivity contribution is 6.08. The molecule has 0 saturated heterocycles. The van der Waals surface area contributed by atoms with Gasteiger partial charge in [-0.25, -0.2) is 0 Å². The molecule has 0 heterocycles. The number of hydrogen-bond acceptors (Lipinski definition) is 2. The lowest BCUT2D eigenvalue weighted by Gasteiger charge is -2.31. The summed E-state index contributed by atoms with van der Waals surface area (Å²) < 4.78 is 0. The Kier molecular flexibility index (Phi) is 2.65. The van der Waals surface area contributed by atoms with Crippen molar-refractivity contribution in [3.05, 3.63) is 0 Å². The summed E-state index contributed by atoms with van der Waals surface area (Å²) in [5.74, 6) is 0.340. The molecule has 0 aromatic rings. The summed E-state index contributed by atoms with van der Waals surface area (Å²) in [5.41, 5.74) is -0.599. The molecule has 2 nitrogen and oxygen atoms in total. The molecule has 68 valence electrons. The highest BCUT2D eigenvalue weighted by Crippen LogP contribution is 2.36. The molecule has 1 aliphatic rings. The van der Waals surface area contributed by atoms with Gasteiger partial charge in [-0.1, -0.05) is 13.8 Å². The molecule has 2 heteroatoms. The van der Waals surface area contributed by atoms with Crippen LogP contribution < -0.4 is 0 Å². The van der Waals surface area contributed by atoms with Gasteiger partial charge in [-0.15, -0.1) is 0 Å². The van der Waals surface area contributed by atoms with E-state index in [2.05, 4.69) is 0 Å². The molecule has 0 atom stereocenters. The molecule has 1 rings (SSSR count). The van der Waals surface area contributed by atoms with Crippen molar-refractivity contribution in [3.63, 3.8) is 0 Å². The number of rotatable bonds is 2. The highest BCUT2D eigenvalue weighted by Gasteiger charge is 2.43. The molecule has 1 fully saturated rings. The lowest BCUT2D eigenvalue weighted by Crippen LogP contribution is -2.41. The van der Waals surface area contributed by atoms with Crippen LogP contribution in [0.15, 0.2) is 0 Å². The first kappa shape index (κ1) is 9.43. The lowest BCUT2D eigenvalue weighted by atomic mass is 9.68. The molecule has 0 spiro atoms. The summed E-state index contributed by atoms with van der Waals surface area (Å²) >= 11 is 0. The van der Waals surface area contributed by atoms with Crippen molar-refractivity contribution in [1.82, 2.24) is 0 Å². The maximum Gasteiger partial charge on any atom is 0.146 e. The molecule has 0 unspecified atom stereocenters. The third-order valence-corrected chi connectivity index (χ3v) is 3.08. The maximum atomic E-state index is 11.6. The predicted molar refractivity (Wildman–Crippen MR) is 46.9 cm³/mol. The molecule has 0 N–H and O–H groups in total. The fourth-order valence-electron chi connectivity index (χ4n) is 2.08. The van der Waals surface area contributed by atoms with E-state index in [1.165, 1.54) is 0 Å². The molecule has 0 amide bonds. The number of Topliss-reactive ketones (excluding diaryl/α,β-unsaturated/α-hetero) is 2. The van der Waals surface area contributed by atoms with E-state index in [1.807, 2.05) is 13.8 Å². The minimum Gasteiger partial charge on any atom is -0.299 e. The second-order valence-electron chi connectivity index (χ2n) is 3.49. The first-order chi connectivity index (χ1) is 5.67. The van der Waals surface area contributed by atoms with Gasteiger partial charge in [0.25, 0.3) is 0 Å². The molecular weight excluding hydrogens is 152 g/mol. The van der Waals surface area contributed by atoms with Crippen molar-refractivity contribution >= 4 is 11.6 Å². The first-order valence-electron chi connectivity index (χ1n) is 4.74. The zero-order valence-electron chi connectivity index (χ0n) is 7.85. The normalized spacial score (nSPS) is 22.8. The summed E-state index contributed by atoms with van der Waals surface area (Å²) in [6.45, 7) is 3.87. The zero-order valence-corrected chi connectivity index (χ0v) is 7.85. The molecule has 0 radical (unpaired) electrons. The van der Waals surface area contributed by atoms with Crippen molar-refractivity contribution in [3.8, 4) is 0 Å². The van der Waals surface area contributed by atoms with Crippen LogP contribution >= 0.6 is 0 Å². The van der Waals surface area contributed by atoms with Crippen LogP contribution in [0, 0.1) is 5.41 Å². The molecule has 0 bridgehead atoms. The Morgan fingerprint density at radius 1 is 1.08 bits per heavy atom. The molecular formula is C10H16O2. The van der Waals surface area contributed by atoms with E-state index < -0.39 is 5.41 Å². The number of hydrogen-bond donors (Lipinski definition) is 0. The fourth-order valence-corrected chi connectivity index (χ4v) is 2.08. The Labute approximate surface area is 73.3 Å². The standard InChI is InChI=1S/C10H16O2/c1-3-10(4-2)8(11)6-5-7-9(10)12/h3-7H2,1-2H3. The van der Waals surface area contributed by atoms with E-state index in [0.717, 1.165) is 6.42 Å². The van der Waals surface area contributed by atoms with E-state index in [-0.39, 0.29) is 11.6 Å². The van der Waals surface area contributed by atoms with Gasteiger partial charge in [0, 0.05) is 12.8 Å². The molecule has 1 saturated carbocycles. The van der Waals surface area contributed by atoms with E-state index in [4.69, 9.17) is 0 Å². The van der Waals surface area contributed by atoms with E-state index >= 15 is 0 Å². The van der Waals surface area contributed by atoms with Crippen molar-refractivity contribution in [2.45, 2.75) is 46.0 Å². The number of carbonyl (C=O) groups is 2. The Bertz CT molecular complexity index is 184. The van der Waals surface area contributed by atoms with Gasteiger partial charge in [-0.3, -0.25) is 9.59 Å². The summed E-state index contributed by atoms with van der Waals surface area (Å²) in [6.07, 6.45) is 3.34. The van der Waals surface area contributed by atoms with E-state index in [1.54, 1.807) is 0 Å². The minimum absolute atomic E-state index is 0.170. The molecule has 0 aromatic carbocycles. The van der Waals surface area contributed by atoms with Gasteiger partial charge in [0.15, 0.2) is 0 Å². The van der Waals surface area contributed by atoms with E-state index in [9.17, 15) is 9.59 Å². The Hall–Kier alpha value is -0.660. The van der Waals surface area contributed by atoms with Gasteiger partial charge >= 0.3 is 0 Å². The van der Waals surface area contributed by atoms with Crippen LogP contribution in [0.3, 0.4) is 0 Å². The summed E-state index contributed by atoms with van der Waals surface area (Å²) in [6, 6.07) is 0. The van der Waals surface area contributed by atoms with Gasteiger partial charge in [-0.05, 0) is 19.3 Å². The van der Waals surface area contributed by atoms with Crippen LogP contribution in [-0.4, -0.2) is 11.6 Å². The fraction of sp³-hybridized carbons (Fsp3) is 0.800. The van der Waals surface area contributed by atoms with Crippen molar-refractivity contribution < 1.29 is 9.59 Å². The van der Waals surface area contributed by atoms with Gasteiger partial charge in [-0.2, -0.15) is 0 Å². The van der Waals surface area contributed by atoms with Crippen LogP contribution in [0.25, 0.3) is 0 Å². The average Bonchev–Trinajstić information content (AvgIpc) is 2.06. The smallest absolute Gasteiger partial charge is 0.146 e. The maximum absolute atomic E-state index is 11.6. The van der Waals surface area contributed by atoms with Gasteiger partial charge in [0.05, 0.1) is 5.41 Å². The minimum atomic E-state index is -0.599.